The van der Waals surface area contributed by atoms with Gasteiger partial charge >= 0.3 is 12.1 Å². The van der Waals surface area contributed by atoms with Gasteiger partial charge in [0, 0.05) is 13.0 Å². The van der Waals surface area contributed by atoms with Crippen LogP contribution in [0, 0.1) is 0 Å². The molecular formula is C22H23NO5. The first-order valence-corrected chi connectivity index (χ1v) is 9.51. The maximum Gasteiger partial charge on any atom is 0.410 e. The van der Waals surface area contributed by atoms with Crippen molar-refractivity contribution < 1.29 is 24.2 Å². The number of carbonyl (C=O) groups excluding carboxylic acids is 1. The molecule has 0 aliphatic carbocycles. The summed E-state index contributed by atoms with van der Waals surface area (Å²) in [5.74, 6) is -0.965. The number of rotatable bonds is 4. The summed E-state index contributed by atoms with van der Waals surface area (Å²) in [7, 11) is 0. The van der Waals surface area contributed by atoms with E-state index in [1.54, 1.807) is 29.2 Å². The van der Waals surface area contributed by atoms with Crippen molar-refractivity contribution in [1.82, 2.24) is 4.90 Å². The molecule has 0 saturated carbocycles. The molecule has 6 nitrogen and oxygen atoms in total. The highest BCUT2D eigenvalue weighted by atomic mass is 16.6. The van der Waals surface area contributed by atoms with Crippen LogP contribution in [0.4, 0.5) is 4.79 Å². The normalized spacial score (nSPS) is 23.9. The predicted molar refractivity (Wildman–Crippen MR) is 102 cm³/mol. The average molecular weight is 381 g/mol. The lowest BCUT2D eigenvalue weighted by Gasteiger charge is -2.50. The van der Waals surface area contributed by atoms with Crippen molar-refractivity contribution in [3.8, 4) is 0 Å². The number of carbonyl (C=O) groups is 2. The number of aromatic carboxylic acids is 1. The van der Waals surface area contributed by atoms with E-state index in [0.717, 1.165) is 30.6 Å². The fraction of sp³-hybridized carbons (Fsp3) is 0.364. The second-order valence-corrected chi connectivity index (χ2v) is 7.41. The maximum absolute atomic E-state index is 12.8. The van der Waals surface area contributed by atoms with Crippen LogP contribution in [0.25, 0.3) is 0 Å². The molecule has 1 N–H and O–H groups in total. The van der Waals surface area contributed by atoms with E-state index >= 15 is 0 Å². The molecule has 2 atom stereocenters. The molecule has 2 heterocycles. The molecule has 0 radical (unpaired) electrons. The number of nitrogens with zero attached hydrogens (tertiary/aromatic N) is 1. The Bertz CT molecular complexity index is 845. The van der Waals surface area contributed by atoms with Crippen LogP contribution in [0.1, 0.15) is 46.8 Å². The summed E-state index contributed by atoms with van der Waals surface area (Å²) in [5, 5.41) is 9.13. The van der Waals surface area contributed by atoms with Crippen molar-refractivity contribution in [3.63, 3.8) is 0 Å². The zero-order valence-electron chi connectivity index (χ0n) is 15.5. The van der Waals surface area contributed by atoms with Gasteiger partial charge in [-0.05, 0) is 36.1 Å². The molecule has 0 bridgehead atoms. The molecule has 2 aromatic carbocycles. The summed E-state index contributed by atoms with van der Waals surface area (Å²) in [6, 6.07) is 16.1. The molecule has 2 aliphatic rings. The Morgan fingerprint density at radius 1 is 1.11 bits per heavy atom. The minimum absolute atomic E-state index is 0.174. The summed E-state index contributed by atoms with van der Waals surface area (Å²) in [4.78, 5) is 25.7. The van der Waals surface area contributed by atoms with Crippen LogP contribution in [0.15, 0.2) is 54.6 Å². The molecular weight excluding hydrogens is 358 g/mol. The number of carboxylic acids is 1. The molecule has 2 saturated heterocycles. The number of ether oxygens (including phenoxy) is 2. The van der Waals surface area contributed by atoms with Gasteiger partial charge in [0.25, 0.3) is 0 Å². The topological polar surface area (TPSA) is 76.1 Å². The fourth-order valence-electron chi connectivity index (χ4n) is 3.96. The highest BCUT2D eigenvalue weighted by Crippen LogP contribution is 2.45. The van der Waals surface area contributed by atoms with Crippen molar-refractivity contribution in [3.05, 3.63) is 71.3 Å². The maximum atomic E-state index is 12.8. The van der Waals surface area contributed by atoms with Crippen LogP contribution >= 0.6 is 0 Å². The van der Waals surface area contributed by atoms with Gasteiger partial charge in [0.15, 0.2) is 0 Å². The van der Waals surface area contributed by atoms with Gasteiger partial charge in [-0.2, -0.15) is 0 Å². The highest BCUT2D eigenvalue weighted by molar-refractivity contribution is 5.87. The van der Waals surface area contributed by atoms with E-state index in [1.807, 2.05) is 30.3 Å². The zero-order valence-corrected chi connectivity index (χ0v) is 15.5. The lowest BCUT2D eigenvalue weighted by atomic mass is 9.78. The Morgan fingerprint density at radius 2 is 1.82 bits per heavy atom. The summed E-state index contributed by atoms with van der Waals surface area (Å²) in [5.41, 5.74) is 1.89. The molecule has 1 spiro atoms. The smallest absolute Gasteiger partial charge is 0.410 e. The molecule has 2 fully saturated rings. The van der Waals surface area contributed by atoms with E-state index in [1.165, 1.54) is 0 Å². The first kappa shape index (κ1) is 18.5. The number of piperidine rings is 1. The fourth-order valence-corrected chi connectivity index (χ4v) is 3.96. The summed E-state index contributed by atoms with van der Waals surface area (Å²) in [6.07, 6.45) is 2.12. The van der Waals surface area contributed by atoms with Crippen LogP contribution in [-0.2, 0) is 16.1 Å². The SMILES string of the molecule is O=C(O)c1ccc(C2CC3(CCO3)CCN2C(=O)OCc2ccccc2)cc1. The Labute approximate surface area is 163 Å². The number of hydrogen-bond donors (Lipinski definition) is 1. The molecule has 2 aliphatic heterocycles. The quantitative estimate of drug-likeness (QED) is 0.866. The molecule has 2 aromatic rings. The minimum atomic E-state index is -0.965. The van der Waals surface area contributed by atoms with Crippen LogP contribution < -0.4 is 0 Å². The largest absolute Gasteiger partial charge is 0.478 e. The summed E-state index contributed by atoms with van der Waals surface area (Å²) >= 11 is 0. The predicted octanol–water partition coefficient (Wildman–Crippen LogP) is 4.02. The van der Waals surface area contributed by atoms with Gasteiger partial charge in [-0.25, -0.2) is 9.59 Å². The third-order valence-corrected chi connectivity index (χ3v) is 5.70. The third kappa shape index (κ3) is 3.73. The second-order valence-electron chi connectivity index (χ2n) is 7.41. The van der Waals surface area contributed by atoms with Gasteiger partial charge in [0.2, 0.25) is 0 Å². The first-order chi connectivity index (χ1) is 13.6. The Kier molecular flexibility index (Phi) is 5.05. The van der Waals surface area contributed by atoms with E-state index in [2.05, 4.69) is 0 Å². The summed E-state index contributed by atoms with van der Waals surface area (Å²) in [6.45, 7) is 1.53. The second kappa shape index (κ2) is 7.64. The lowest BCUT2D eigenvalue weighted by molar-refractivity contribution is -0.181. The van der Waals surface area contributed by atoms with Crippen molar-refractivity contribution in [2.24, 2.45) is 0 Å². The van der Waals surface area contributed by atoms with Crippen molar-refractivity contribution >= 4 is 12.1 Å². The van der Waals surface area contributed by atoms with Crippen LogP contribution in [0.3, 0.4) is 0 Å². The van der Waals surface area contributed by atoms with Gasteiger partial charge in [-0.15, -0.1) is 0 Å². The van der Waals surface area contributed by atoms with E-state index < -0.39 is 5.97 Å². The van der Waals surface area contributed by atoms with Crippen LogP contribution in [-0.4, -0.2) is 40.8 Å². The Hall–Kier alpha value is -2.86. The zero-order chi connectivity index (χ0) is 19.6. The molecule has 4 rings (SSSR count). The Balaban J connectivity index is 1.51. The molecule has 2 unspecified atom stereocenters. The number of likely N-dealkylation sites (tertiary alicyclic amines) is 1. The van der Waals surface area contributed by atoms with Crippen LogP contribution in [0.2, 0.25) is 0 Å². The standard InChI is InChI=1S/C22H23NO5/c24-20(25)18-8-6-17(7-9-18)19-14-22(11-13-28-22)10-12-23(19)21(26)27-15-16-4-2-1-3-5-16/h1-9,19H,10-15H2,(H,24,25). The van der Waals surface area contributed by atoms with E-state index in [9.17, 15) is 9.59 Å². The number of hydrogen-bond acceptors (Lipinski definition) is 4. The number of carboxylic acid groups (broad SMARTS) is 1. The molecule has 146 valence electrons. The van der Waals surface area contributed by atoms with E-state index in [4.69, 9.17) is 14.6 Å². The lowest BCUT2D eigenvalue weighted by Crippen LogP contribution is -2.54. The highest BCUT2D eigenvalue weighted by Gasteiger charge is 2.47. The Morgan fingerprint density at radius 3 is 2.43 bits per heavy atom. The van der Waals surface area contributed by atoms with Crippen molar-refractivity contribution in [2.45, 2.75) is 37.5 Å². The number of amides is 1. The monoisotopic (exact) mass is 381 g/mol. The minimum Gasteiger partial charge on any atom is -0.478 e. The molecule has 28 heavy (non-hydrogen) atoms. The van der Waals surface area contributed by atoms with Crippen LogP contribution in [0.5, 0.6) is 0 Å². The van der Waals surface area contributed by atoms with Gasteiger partial charge in [0.1, 0.15) is 6.61 Å². The van der Waals surface area contributed by atoms with Crippen molar-refractivity contribution in [1.29, 1.82) is 0 Å². The van der Waals surface area contributed by atoms with Gasteiger partial charge in [0.05, 0.1) is 23.8 Å². The third-order valence-electron chi connectivity index (χ3n) is 5.70. The van der Waals surface area contributed by atoms with E-state index in [0.29, 0.717) is 13.0 Å². The molecule has 0 aromatic heterocycles. The molecule has 6 heteroatoms. The summed E-state index contributed by atoms with van der Waals surface area (Å²) < 4.78 is 11.4. The van der Waals surface area contributed by atoms with Gasteiger partial charge in [-0.1, -0.05) is 42.5 Å². The first-order valence-electron chi connectivity index (χ1n) is 9.51. The molecule has 1 amide bonds. The van der Waals surface area contributed by atoms with Gasteiger partial charge < -0.3 is 19.5 Å². The average Bonchev–Trinajstić information content (AvgIpc) is 2.71. The number of benzene rings is 2. The van der Waals surface area contributed by atoms with E-state index in [-0.39, 0.29) is 29.9 Å². The van der Waals surface area contributed by atoms with Gasteiger partial charge in [-0.3, -0.25) is 0 Å². The van der Waals surface area contributed by atoms with Crippen molar-refractivity contribution in [2.75, 3.05) is 13.2 Å².